The summed E-state index contributed by atoms with van der Waals surface area (Å²) < 4.78 is 1.58. The van der Waals surface area contributed by atoms with Crippen LogP contribution in [0.15, 0.2) is 41.8 Å². The Labute approximate surface area is 114 Å². The zero-order chi connectivity index (χ0) is 13.9. The lowest BCUT2D eigenvalue weighted by Crippen LogP contribution is -2.47. The maximum Gasteiger partial charge on any atom is 0.329 e. The number of hydrogen-bond acceptors (Lipinski definition) is 5. The first kappa shape index (κ1) is 13.6. The number of thioether (sulfide) groups is 1. The van der Waals surface area contributed by atoms with Crippen LogP contribution in [0, 0.1) is 0 Å². The summed E-state index contributed by atoms with van der Waals surface area (Å²) in [5.74, 6) is -0.882. The van der Waals surface area contributed by atoms with Crippen molar-refractivity contribution in [3.63, 3.8) is 0 Å². The summed E-state index contributed by atoms with van der Waals surface area (Å²) in [6.07, 6.45) is 1.42. The zero-order valence-electron chi connectivity index (χ0n) is 10.4. The highest BCUT2D eigenvalue weighted by atomic mass is 32.2. The highest BCUT2D eigenvalue weighted by Crippen LogP contribution is 2.26. The van der Waals surface area contributed by atoms with Gasteiger partial charge in [-0.1, -0.05) is 42.1 Å². The molecular weight excluding hydrogens is 264 g/mol. The van der Waals surface area contributed by atoms with Crippen molar-refractivity contribution in [1.29, 1.82) is 0 Å². The number of benzene rings is 1. The van der Waals surface area contributed by atoms with Gasteiger partial charge in [0.2, 0.25) is 0 Å². The van der Waals surface area contributed by atoms with E-state index in [1.54, 1.807) is 36.0 Å². The topological polar surface area (TPSA) is 94.0 Å². The molecule has 7 heteroatoms. The molecule has 100 valence electrons. The lowest BCUT2D eigenvalue weighted by atomic mass is 9.93. The normalized spacial score (nSPS) is 14.0. The molecule has 0 saturated heterocycles. The Kier molecular flexibility index (Phi) is 3.87. The Bertz CT molecular complexity index is 572. The fraction of sp³-hybridized carbons (Fsp3) is 0.250. The molecule has 19 heavy (non-hydrogen) atoms. The Hall–Kier alpha value is -1.86. The summed E-state index contributed by atoms with van der Waals surface area (Å²) in [5.41, 5.74) is 5.17. The van der Waals surface area contributed by atoms with Crippen LogP contribution in [0.5, 0.6) is 0 Å². The largest absolute Gasteiger partial charge is 0.480 e. The van der Waals surface area contributed by atoms with Crippen LogP contribution in [0.3, 0.4) is 0 Å². The van der Waals surface area contributed by atoms with E-state index in [0.29, 0.717) is 10.7 Å². The summed E-state index contributed by atoms with van der Waals surface area (Å²) in [6.45, 7) is 0. The minimum Gasteiger partial charge on any atom is -0.480 e. The molecule has 2 aromatic rings. The van der Waals surface area contributed by atoms with Gasteiger partial charge in [0.05, 0.1) is 0 Å². The van der Waals surface area contributed by atoms with Gasteiger partial charge in [0.25, 0.3) is 0 Å². The Morgan fingerprint density at radius 2 is 2.16 bits per heavy atom. The van der Waals surface area contributed by atoms with Gasteiger partial charge in [0.15, 0.2) is 5.16 Å². The summed E-state index contributed by atoms with van der Waals surface area (Å²) in [5, 5.41) is 14.0. The molecule has 0 spiro atoms. The smallest absolute Gasteiger partial charge is 0.329 e. The van der Waals surface area contributed by atoms with Gasteiger partial charge in [-0.05, 0) is 5.56 Å². The van der Waals surface area contributed by atoms with E-state index in [-0.39, 0.29) is 5.75 Å². The lowest BCUT2D eigenvalue weighted by Gasteiger charge is -2.24. The minimum absolute atomic E-state index is 0.179. The predicted molar refractivity (Wildman–Crippen MR) is 71.7 cm³/mol. The molecule has 2 rings (SSSR count). The highest BCUT2D eigenvalue weighted by molar-refractivity contribution is 7.99. The number of aryl methyl sites for hydroxylation is 1. The van der Waals surface area contributed by atoms with E-state index < -0.39 is 11.5 Å². The van der Waals surface area contributed by atoms with Gasteiger partial charge in [-0.3, -0.25) is 0 Å². The molecule has 0 amide bonds. The van der Waals surface area contributed by atoms with Crippen LogP contribution in [0.25, 0.3) is 0 Å². The fourth-order valence-electron chi connectivity index (χ4n) is 1.60. The Balaban J connectivity index is 2.22. The zero-order valence-corrected chi connectivity index (χ0v) is 11.2. The van der Waals surface area contributed by atoms with Crippen molar-refractivity contribution in [1.82, 2.24) is 14.8 Å². The van der Waals surface area contributed by atoms with Crippen molar-refractivity contribution in [2.75, 3.05) is 5.75 Å². The molecule has 3 N–H and O–H groups in total. The first-order chi connectivity index (χ1) is 9.04. The maximum absolute atomic E-state index is 11.5. The number of nitrogens with zero attached hydrogens (tertiary/aromatic N) is 3. The van der Waals surface area contributed by atoms with Crippen LogP contribution in [0.1, 0.15) is 5.56 Å². The van der Waals surface area contributed by atoms with Crippen molar-refractivity contribution in [2.24, 2.45) is 12.8 Å². The number of carbonyl (C=O) groups is 1. The second-order valence-corrected chi connectivity index (χ2v) is 5.04. The number of nitrogens with two attached hydrogens (primary N) is 1. The molecule has 0 fully saturated rings. The molecule has 1 unspecified atom stereocenters. The maximum atomic E-state index is 11.5. The molecule has 1 atom stereocenters. The molecule has 1 aromatic heterocycles. The van der Waals surface area contributed by atoms with Gasteiger partial charge in [-0.25, -0.2) is 14.5 Å². The summed E-state index contributed by atoms with van der Waals surface area (Å²) in [7, 11) is 1.75. The van der Waals surface area contributed by atoms with E-state index in [9.17, 15) is 9.90 Å². The van der Waals surface area contributed by atoms with E-state index in [0.717, 1.165) is 0 Å². The van der Waals surface area contributed by atoms with Crippen LogP contribution >= 0.6 is 11.8 Å². The number of aliphatic carboxylic acids is 1. The molecular formula is C12H14N4O2S. The van der Waals surface area contributed by atoms with Crippen LogP contribution in [-0.2, 0) is 17.4 Å². The third-order valence-electron chi connectivity index (χ3n) is 2.77. The molecule has 6 nitrogen and oxygen atoms in total. The second-order valence-electron chi connectivity index (χ2n) is 4.10. The molecule has 0 bridgehead atoms. The van der Waals surface area contributed by atoms with E-state index in [1.165, 1.54) is 18.1 Å². The molecule has 0 aliphatic rings. The molecule has 1 heterocycles. The first-order valence-corrected chi connectivity index (χ1v) is 6.57. The minimum atomic E-state index is -1.45. The standard InChI is InChI=1S/C12H14N4O2S/c1-16-11(14-8-15-16)19-7-12(13,10(17)18)9-5-3-2-4-6-9/h2-6,8H,7,13H2,1H3,(H,17,18). The van der Waals surface area contributed by atoms with E-state index >= 15 is 0 Å². The molecule has 1 aromatic carbocycles. The van der Waals surface area contributed by atoms with Crippen molar-refractivity contribution in [2.45, 2.75) is 10.7 Å². The molecule has 0 aliphatic carbocycles. The van der Waals surface area contributed by atoms with Crippen LogP contribution in [0.2, 0.25) is 0 Å². The Morgan fingerprint density at radius 1 is 1.47 bits per heavy atom. The predicted octanol–water partition coefficient (Wildman–Crippen LogP) is 0.846. The third kappa shape index (κ3) is 2.77. The van der Waals surface area contributed by atoms with Gasteiger partial charge in [-0.15, -0.1) is 0 Å². The van der Waals surface area contributed by atoms with Crippen molar-refractivity contribution in [3.8, 4) is 0 Å². The van der Waals surface area contributed by atoms with Crippen LogP contribution < -0.4 is 5.73 Å². The van der Waals surface area contributed by atoms with Crippen molar-refractivity contribution < 1.29 is 9.90 Å². The van der Waals surface area contributed by atoms with Crippen LogP contribution in [-0.4, -0.2) is 31.6 Å². The van der Waals surface area contributed by atoms with Crippen molar-refractivity contribution >= 4 is 17.7 Å². The molecule has 0 radical (unpaired) electrons. The number of aromatic nitrogens is 3. The Morgan fingerprint density at radius 3 is 2.68 bits per heavy atom. The molecule has 0 aliphatic heterocycles. The van der Waals surface area contributed by atoms with Crippen LogP contribution in [0.4, 0.5) is 0 Å². The summed E-state index contributed by atoms with van der Waals surface area (Å²) in [6, 6.07) is 8.79. The SMILES string of the molecule is Cn1ncnc1SCC(N)(C(=O)O)c1ccccc1. The van der Waals surface area contributed by atoms with E-state index in [4.69, 9.17) is 5.73 Å². The summed E-state index contributed by atoms with van der Waals surface area (Å²) >= 11 is 1.27. The average Bonchev–Trinajstić information content (AvgIpc) is 2.82. The number of carboxylic acid groups (broad SMARTS) is 1. The van der Waals surface area contributed by atoms with Crippen molar-refractivity contribution in [3.05, 3.63) is 42.2 Å². The monoisotopic (exact) mass is 278 g/mol. The first-order valence-electron chi connectivity index (χ1n) is 5.58. The second kappa shape index (κ2) is 5.41. The number of hydrogen-bond donors (Lipinski definition) is 2. The van der Waals surface area contributed by atoms with Gasteiger partial charge in [0, 0.05) is 12.8 Å². The van der Waals surface area contributed by atoms with E-state index in [1.807, 2.05) is 6.07 Å². The lowest BCUT2D eigenvalue weighted by molar-refractivity contribution is -0.142. The fourth-order valence-corrected chi connectivity index (χ4v) is 2.60. The average molecular weight is 278 g/mol. The quantitative estimate of drug-likeness (QED) is 0.787. The number of carboxylic acids is 1. The third-order valence-corrected chi connectivity index (χ3v) is 4.00. The van der Waals surface area contributed by atoms with Gasteiger partial charge < -0.3 is 10.8 Å². The van der Waals surface area contributed by atoms with Gasteiger partial charge >= 0.3 is 5.97 Å². The molecule has 0 saturated carbocycles. The van der Waals surface area contributed by atoms with E-state index in [2.05, 4.69) is 10.1 Å². The number of rotatable bonds is 5. The highest BCUT2D eigenvalue weighted by Gasteiger charge is 2.36. The summed E-state index contributed by atoms with van der Waals surface area (Å²) in [4.78, 5) is 15.5. The van der Waals surface area contributed by atoms with Gasteiger partial charge in [-0.2, -0.15) is 5.10 Å². The van der Waals surface area contributed by atoms with Gasteiger partial charge in [0.1, 0.15) is 11.9 Å².